The summed E-state index contributed by atoms with van der Waals surface area (Å²) in [6.45, 7) is 8.02. The number of ether oxygens (including phenoxy) is 1. The summed E-state index contributed by atoms with van der Waals surface area (Å²) in [6, 6.07) is 2.35. The quantitative estimate of drug-likeness (QED) is 0.529. The minimum atomic E-state index is -0.821. The molecule has 32 heavy (non-hydrogen) atoms. The van der Waals surface area contributed by atoms with E-state index >= 15 is 0 Å². The number of carbonyl (C=O) groups is 2. The largest absolute Gasteiger partial charge is 0.466 e. The third-order valence-electron chi connectivity index (χ3n) is 6.48. The molecule has 1 amide bonds. The fraction of sp³-hybridized carbons (Fsp3) is 0.609. The first kappa shape index (κ1) is 24.4. The predicted octanol–water partition coefficient (Wildman–Crippen LogP) is 3.42. The smallest absolute Gasteiger partial charge is 0.307 e. The first-order valence-corrected chi connectivity index (χ1v) is 11.5. The Bertz CT molecular complexity index is 887. The second-order valence-electron chi connectivity index (χ2n) is 8.88. The van der Waals surface area contributed by atoms with Crippen LogP contribution >= 0.6 is 12.2 Å². The Hall–Kier alpha value is -2.29. The highest BCUT2D eigenvalue weighted by atomic mass is 32.1. The number of piperidine rings is 1. The second kappa shape index (κ2) is 10.1. The minimum absolute atomic E-state index is 0.0244. The van der Waals surface area contributed by atoms with Crippen LogP contribution in [0.5, 0.6) is 0 Å². The molecule has 0 aromatic heterocycles. The number of nitrogens with zero attached hydrogens (tertiary/aromatic N) is 2. The molecule has 2 saturated heterocycles. The molecule has 3 rings (SSSR count). The maximum absolute atomic E-state index is 14.4. The van der Waals surface area contributed by atoms with Gasteiger partial charge in [-0.2, -0.15) is 0 Å². The standard InChI is InChI=1S/C23H31F2N3O3S/c1-4-31-18(29)13-16(3)26-22(32)28-12-9-23(14-28)7-10-27(11-8-23)21(30)19-17(24)6-5-15(2)20(19)25/h5-6,16H,4,7-14H2,1-3H3,(H,26,32). The Balaban J connectivity index is 1.54. The fourth-order valence-electron chi connectivity index (χ4n) is 4.53. The van der Waals surface area contributed by atoms with Crippen LogP contribution in [-0.2, 0) is 9.53 Å². The number of hydrogen-bond donors (Lipinski definition) is 1. The first-order chi connectivity index (χ1) is 15.2. The van der Waals surface area contributed by atoms with Gasteiger partial charge in [-0.05, 0) is 69.3 Å². The number of esters is 1. The lowest BCUT2D eigenvalue weighted by Gasteiger charge is -2.39. The van der Waals surface area contributed by atoms with Crippen molar-refractivity contribution in [1.29, 1.82) is 0 Å². The Morgan fingerprint density at radius 3 is 2.44 bits per heavy atom. The summed E-state index contributed by atoms with van der Waals surface area (Å²) < 4.78 is 33.5. The van der Waals surface area contributed by atoms with Crippen LogP contribution in [0.1, 0.15) is 55.5 Å². The van der Waals surface area contributed by atoms with Gasteiger partial charge in [0.15, 0.2) is 5.11 Å². The van der Waals surface area contributed by atoms with Crippen LogP contribution in [0.2, 0.25) is 0 Å². The highest BCUT2D eigenvalue weighted by Gasteiger charge is 2.42. The highest BCUT2D eigenvalue weighted by Crippen LogP contribution is 2.40. The number of rotatable bonds is 5. The van der Waals surface area contributed by atoms with Crippen molar-refractivity contribution in [2.24, 2.45) is 5.41 Å². The van der Waals surface area contributed by atoms with Crippen LogP contribution < -0.4 is 5.32 Å². The summed E-state index contributed by atoms with van der Waals surface area (Å²) >= 11 is 5.54. The van der Waals surface area contributed by atoms with Gasteiger partial charge in [-0.15, -0.1) is 0 Å². The Kier molecular flexibility index (Phi) is 7.69. The number of hydrogen-bond acceptors (Lipinski definition) is 4. The van der Waals surface area contributed by atoms with Gasteiger partial charge in [0.1, 0.15) is 17.2 Å². The molecule has 1 N–H and O–H groups in total. The second-order valence-corrected chi connectivity index (χ2v) is 9.26. The van der Waals surface area contributed by atoms with E-state index in [0.29, 0.717) is 24.8 Å². The number of amides is 1. The van der Waals surface area contributed by atoms with Gasteiger partial charge in [0.2, 0.25) is 0 Å². The Morgan fingerprint density at radius 2 is 1.81 bits per heavy atom. The normalized spacial score (nSPS) is 18.5. The molecule has 1 atom stereocenters. The van der Waals surface area contributed by atoms with Gasteiger partial charge in [-0.25, -0.2) is 8.78 Å². The van der Waals surface area contributed by atoms with Crippen LogP contribution in [0.15, 0.2) is 12.1 Å². The van der Waals surface area contributed by atoms with E-state index in [0.717, 1.165) is 38.4 Å². The van der Waals surface area contributed by atoms with Crippen molar-refractivity contribution >= 4 is 29.2 Å². The molecule has 1 spiro atoms. The van der Waals surface area contributed by atoms with Crippen molar-refractivity contribution < 1.29 is 23.1 Å². The Morgan fingerprint density at radius 1 is 1.19 bits per heavy atom. The fourth-order valence-corrected chi connectivity index (χ4v) is 4.89. The molecule has 0 bridgehead atoms. The molecule has 176 valence electrons. The average molecular weight is 468 g/mol. The van der Waals surface area contributed by atoms with E-state index in [-0.39, 0.29) is 29.4 Å². The molecule has 2 heterocycles. The van der Waals surface area contributed by atoms with E-state index in [9.17, 15) is 18.4 Å². The van der Waals surface area contributed by atoms with Crippen molar-refractivity contribution in [2.75, 3.05) is 32.8 Å². The number of aryl methyl sites for hydroxylation is 1. The van der Waals surface area contributed by atoms with Crippen molar-refractivity contribution in [1.82, 2.24) is 15.1 Å². The molecule has 2 fully saturated rings. The third kappa shape index (κ3) is 5.36. The molecule has 1 unspecified atom stereocenters. The van der Waals surface area contributed by atoms with Crippen LogP contribution in [-0.4, -0.2) is 65.6 Å². The van der Waals surface area contributed by atoms with E-state index in [1.807, 2.05) is 6.92 Å². The van der Waals surface area contributed by atoms with Gasteiger partial charge in [0, 0.05) is 32.2 Å². The number of thiocarbonyl (C=S) groups is 1. The average Bonchev–Trinajstić information content (AvgIpc) is 3.15. The van der Waals surface area contributed by atoms with E-state index in [4.69, 9.17) is 17.0 Å². The maximum atomic E-state index is 14.4. The summed E-state index contributed by atoms with van der Waals surface area (Å²) in [4.78, 5) is 28.1. The molecular formula is C23H31F2N3O3S. The van der Waals surface area contributed by atoms with Crippen LogP contribution in [0, 0.1) is 24.0 Å². The zero-order valence-electron chi connectivity index (χ0n) is 18.9. The lowest BCUT2D eigenvalue weighted by Crippen LogP contribution is -2.47. The van der Waals surface area contributed by atoms with E-state index in [1.165, 1.54) is 13.0 Å². The molecule has 0 radical (unpaired) electrons. The predicted molar refractivity (Wildman–Crippen MR) is 121 cm³/mol. The summed E-state index contributed by atoms with van der Waals surface area (Å²) in [5, 5.41) is 3.82. The lowest BCUT2D eigenvalue weighted by atomic mass is 9.77. The van der Waals surface area contributed by atoms with E-state index in [2.05, 4.69) is 10.2 Å². The first-order valence-electron chi connectivity index (χ1n) is 11.1. The molecular weight excluding hydrogens is 436 g/mol. The van der Waals surface area contributed by atoms with Gasteiger partial charge in [-0.1, -0.05) is 6.07 Å². The number of carbonyl (C=O) groups excluding carboxylic acids is 2. The van der Waals surface area contributed by atoms with Crippen LogP contribution in [0.25, 0.3) is 0 Å². The van der Waals surface area contributed by atoms with Crippen molar-refractivity contribution in [3.8, 4) is 0 Å². The molecule has 9 heteroatoms. The van der Waals surface area contributed by atoms with Gasteiger partial charge < -0.3 is 19.9 Å². The van der Waals surface area contributed by atoms with Gasteiger partial charge >= 0.3 is 5.97 Å². The summed E-state index contributed by atoms with van der Waals surface area (Å²) in [6.07, 6.45) is 2.70. The van der Waals surface area contributed by atoms with E-state index in [1.54, 1.807) is 11.8 Å². The summed E-state index contributed by atoms with van der Waals surface area (Å²) in [5.41, 5.74) is -0.181. The molecule has 2 aliphatic heterocycles. The minimum Gasteiger partial charge on any atom is -0.466 e. The van der Waals surface area contributed by atoms with Gasteiger partial charge in [0.05, 0.1) is 13.0 Å². The van der Waals surface area contributed by atoms with E-state index < -0.39 is 23.1 Å². The van der Waals surface area contributed by atoms with Crippen molar-refractivity contribution in [3.63, 3.8) is 0 Å². The number of halogens is 2. The number of benzene rings is 1. The summed E-state index contributed by atoms with van der Waals surface area (Å²) in [7, 11) is 0. The molecule has 0 saturated carbocycles. The zero-order chi connectivity index (χ0) is 23.5. The maximum Gasteiger partial charge on any atom is 0.307 e. The number of nitrogens with one attached hydrogen (secondary N) is 1. The lowest BCUT2D eigenvalue weighted by molar-refractivity contribution is -0.143. The molecule has 2 aliphatic rings. The monoisotopic (exact) mass is 467 g/mol. The molecule has 6 nitrogen and oxygen atoms in total. The van der Waals surface area contributed by atoms with Crippen molar-refractivity contribution in [2.45, 2.75) is 52.5 Å². The Labute approximate surface area is 193 Å². The topological polar surface area (TPSA) is 61.9 Å². The highest BCUT2D eigenvalue weighted by molar-refractivity contribution is 7.80. The van der Waals surface area contributed by atoms with Gasteiger partial charge in [0.25, 0.3) is 5.91 Å². The zero-order valence-corrected chi connectivity index (χ0v) is 19.7. The van der Waals surface area contributed by atoms with Crippen molar-refractivity contribution in [3.05, 3.63) is 34.9 Å². The molecule has 0 aliphatic carbocycles. The van der Waals surface area contributed by atoms with Gasteiger partial charge in [-0.3, -0.25) is 9.59 Å². The van der Waals surface area contributed by atoms with Crippen LogP contribution in [0.4, 0.5) is 8.78 Å². The molecule has 1 aromatic rings. The SMILES string of the molecule is CCOC(=O)CC(C)NC(=S)N1CCC2(CCN(C(=O)c3c(F)ccc(C)c3F)CC2)C1. The molecule has 1 aromatic carbocycles. The summed E-state index contributed by atoms with van der Waals surface area (Å²) in [5.74, 6) is -2.44. The van der Waals surface area contributed by atoms with Crippen LogP contribution in [0.3, 0.4) is 0 Å². The number of likely N-dealkylation sites (tertiary alicyclic amines) is 2. The third-order valence-corrected chi connectivity index (χ3v) is 6.86.